The van der Waals surface area contributed by atoms with Crippen molar-refractivity contribution in [1.29, 1.82) is 0 Å². The number of likely N-dealkylation sites (tertiary alicyclic amines) is 1. The van der Waals surface area contributed by atoms with Crippen LogP contribution in [0.1, 0.15) is 78.6 Å². The summed E-state index contributed by atoms with van der Waals surface area (Å²) in [6.45, 7) is 9.26. The molecular formula is C18H35NO. The summed E-state index contributed by atoms with van der Waals surface area (Å²) in [4.78, 5) is 2.59. The first-order valence-corrected chi connectivity index (χ1v) is 9.05. The van der Waals surface area contributed by atoms with Crippen molar-refractivity contribution in [3.05, 3.63) is 0 Å². The molecule has 2 heteroatoms. The second kappa shape index (κ2) is 7.26. The molecule has 0 radical (unpaired) electrons. The van der Waals surface area contributed by atoms with Gasteiger partial charge in [0.1, 0.15) is 0 Å². The van der Waals surface area contributed by atoms with E-state index in [4.69, 9.17) is 0 Å². The monoisotopic (exact) mass is 281 g/mol. The predicted octanol–water partition coefficient (Wildman–Crippen LogP) is 4.22. The molecule has 2 rings (SSSR count). The largest absolute Gasteiger partial charge is 0.391 e. The van der Waals surface area contributed by atoms with Gasteiger partial charge in [-0.3, -0.25) is 4.90 Å². The van der Waals surface area contributed by atoms with Crippen LogP contribution in [0, 0.1) is 11.8 Å². The number of aliphatic hydroxyl groups excluding tert-OH is 1. The van der Waals surface area contributed by atoms with E-state index in [1.807, 2.05) is 0 Å². The minimum Gasteiger partial charge on any atom is -0.391 e. The van der Waals surface area contributed by atoms with Crippen LogP contribution in [-0.4, -0.2) is 34.7 Å². The van der Waals surface area contributed by atoms with E-state index >= 15 is 0 Å². The van der Waals surface area contributed by atoms with Crippen molar-refractivity contribution in [3.63, 3.8) is 0 Å². The highest BCUT2D eigenvalue weighted by atomic mass is 16.3. The van der Waals surface area contributed by atoms with Gasteiger partial charge in [-0.2, -0.15) is 0 Å². The molecule has 1 heterocycles. The van der Waals surface area contributed by atoms with E-state index in [0.29, 0.717) is 5.92 Å². The van der Waals surface area contributed by atoms with Gasteiger partial charge in [-0.15, -0.1) is 0 Å². The average Bonchev–Trinajstić information content (AvgIpc) is 2.54. The first-order chi connectivity index (χ1) is 9.61. The van der Waals surface area contributed by atoms with Gasteiger partial charge in [0.2, 0.25) is 0 Å². The third-order valence-corrected chi connectivity index (χ3v) is 6.28. The predicted molar refractivity (Wildman–Crippen MR) is 85.9 cm³/mol. The molecule has 0 bridgehead atoms. The van der Waals surface area contributed by atoms with Crippen LogP contribution >= 0.6 is 0 Å². The Balaban J connectivity index is 2.04. The minimum atomic E-state index is -0.139. The van der Waals surface area contributed by atoms with Gasteiger partial charge in [-0.1, -0.05) is 39.5 Å². The van der Waals surface area contributed by atoms with Gasteiger partial charge in [-0.25, -0.2) is 0 Å². The quantitative estimate of drug-likeness (QED) is 0.815. The highest BCUT2D eigenvalue weighted by Gasteiger charge is 2.42. The van der Waals surface area contributed by atoms with Gasteiger partial charge < -0.3 is 5.11 Å². The Labute approximate surface area is 125 Å². The van der Waals surface area contributed by atoms with Crippen molar-refractivity contribution in [2.24, 2.45) is 11.8 Å². The van der Waals surface area contributed by atoms with Crippen molar-refractivity contribution in [2.45, 2.75) is 90.2 Å². The Hall–Kier alpha value is -0.0800. The zero-order valence-electron chi connectivity index (χ0n) is 13.9. The molecule has 2 aliphatic rings. The van der Waals surface area contributed by atoms with Crippen LogP contribution < -0.4 is 0 Å². The number of rotatable bonds is 5. The molecule has 0 amide bonds. The van der Waals surface area contributed by atoms with Gasteiger partial charge in [-0.05, 0) is 64.0 Å². The number of hydrogen-bond acceptors (Lipinski definition) is 2. The fourth-order valence-corrected chi connectivity index (χ4v) is 4.52. The van der Waals surface area contributed by atoms with Crippen molar-refractivity contribution in [3.8, 4) is 0 Å². The first-order valence-electron chi connectivity index (χ1n) is 9.05. The Bertz CT molecular complexity index is 287. The summed E-state index contributed by atoms with van der Waals surface area (Å²) >= 11 is 0. The van der Waals surface area contributed by atoms with Gasteiger partial charge in [0.25, 0.3) is 0 Å². The van der Waals surface area contributed by atoms with Crippen LogP contribution in [0.25, 0.3) is 0 Å². The number of hydrogen-bond donors (Lipinski definition) is 1. The van der Waals surface area contributed by atoms with E-state index < -0.39 is 0 Å². The molecule has 4 unspecified atom stereocenters. The zero-order chi connectivity index (χ0) is 14.6. The minimum absolute atomic E-state index is 0.000712. The van der Waals surface area contributed by atoms with Crippen molar-refractivity contribution < 1.29 is 5.11 Å². The molecule has 2 fully saturated rings. The van der Waals surface area contributed by atoms with Crippen LogP contribution in [0.15, 0.2) is 0 Å². The fraction of sp³-hybridized carbons (Fsp3) is 1.00. The van der Waals surface area contributed by atoms with E-state index in [2.05, 4.69) is 25.7 Å². The molecule has 0 aromatic carbocycles. The third kappa shape index (κ3) is 3.39. The molecule has 0 aromatic rings. The van der Waals surface area contributed by atoms with Crippen molar-refractivity contribution >= 4 is 0 Å². The van der Waals surface area contributed by atoms with E-state index in [0.717, 1.165) is 12.3 Å². The van der Waals surface area contributed by atoms with Crippen LogP contribution in [0.4, 0.5) is 0 Å². The summed E-state index contributed by atoms with van der Waals surface area (Å²) in [6.07, 6.45) is 11.4. The molecule has 20 heavy (non-hydrogen) atoms. The summed E-state index contributed by atoms with van der Waals surface area (Å²) in [5.74, 6) is 1.38. The second-order valence-electron chi connectivity index (χ2n) is 7.40. The van der Waals surface area contributed by atoms with Gasteiger partial charge >= 0.3 is 0 Å². The van der Waals surface area contributed by atoms with Crippen LogP contribution in [0.3, 0.4) is 0 Å². The molecule has 0 aromatic heterocycles. The molecule has 4 atom stereocenters. The molecule has 2 nitrogen and oxygen atoms in total. The smallest absolute Gasteiger partial charge is 0.0749 e. The van der Waals surface area contributed by atoms with E-state index in [1.165, 1.54) is 64.5 Å². The summed E-state index contributed by atoms with van der Waals surface area (Å²) in [5.41, 5.74) is 0.000712. The number of aliphatic hydroxyl groups is 1. The summed E-state index contributed by atoms with van der Waals surface area (Å²) < 4.78 is 0. The molecule has 118 valence electrons. The molecule has 0 spiro atoms. The zero-order valence-corrected chi connectivity index (χ0v) is 13.9. The summed E-state index contributed by atoms with van der Waals surface area (Å²) in [5, 5.41) is 11.1. The first kappa shape index (κ1) is 16.3. The summed E-state index contributed by atoms with van der Waals surface area (Å²) in [6, 6.07) is 0. The van der Waals surface area contributed by atoms with Gasteiger partial charge in [0, 0.05) is 5.54 Å². The lowest BCUT2D eigenvalue weighted by atomic mass is 9.71. The Morgan fingerprint density at radius 1 is 1.10 bits per heavy atom. The maximum Gasteiger partial charge on any atom is 0.0749 e. The maximum absolute atomic E-state index is 11.1. The van der Waals surface area contributed by atoms with E-state index in [1.54, 1.807) is 0 Å². The standard InChI is InChI=1S/C18H35NO/c1-4-15-10-9-11-16(14-15)17(20)18(3,5-2)19-12-7-6-8-13-19/h15-17,20H,4-14H2,1-3H3. The topological polar surface area (TPSA) is 23.5 Å². The normalized spacial score (nSPS) is 33.6. The number of piperidine rings is 1. The summed E-state index contributed by atoms with van der Waals surface area (Å²) in [7, 11) is 0. The van der Waals surface area contributed by atoms with Crippen LogP contribution in [0.2, 0.25) is 0 Å². The maximum atomic E-state index is 11.1. The molecule has 1 aliphatic carbocycles. The lowest BCUT2D eigenvalue weighted by Crippen LogP contribution is -2.58. The van der Waals surface area contributed by atoms with Crippen molar-refractivity contribution in [1.82, 2.24) is 4.90 Å². The molecular weight excluding hydrogens is 246 g/mol. The van der Waals surface area contributed by atoms with Crippen LogP contribution in [0.5, 0.6) is 0 Å². The second-order valence-corrected chi connectivity index (χ2v) is 7.40. The fourth-order valence-electron chi connectivity index (χ4n) is 4.52. The highest BCUT2D eigenvalue weighted by molar-refractivity contribution is 4.97. The SMILES string of the molecule is CCC1CCCC(C(O)C(C)(CC)N2CCCCC2)C1. The van der Waals surface area contributed by atoms with E-state index in [9.17, 15) is 5.11 Å². The van der Waals surface area contributed by atoms with Gasteiger partial charge in [0.15, 0.2) is 0 Å². The molecule has 1 saturated carbocycles. The lowest BCUT2D eigenvalue weighted by molar-refractivity contribution is -0.0731. The third-order valence-electron chi connectivity index (χ3n) is 6.28. The Morgan fingerprint density at radius 2 is 1.80 bits per heavy atom. The molecule has 1 aliphatic heterocycles. The number of nitrogens with zero attached hydrogens (tertiary/aromatic N) is 1. The highest BCUT2D eigenvalue weighted by Crippen LogP contribution is 2.39. The average molecular weight is 281 g/mol. The molecule has 1 N–H and O–H groups in total. The Morgan fingerprint density at radius 3 is 2.40 bits per heavy atom. The van der Waals surface area contributed by atoms with Gasteiger partial charge in [0.05, 0.1) is 6.10 Å². The molecule has 1 saturated heterocycles. The van der Waals surface area contributed by atoms with E-state index in [-0.39, 0.29) is 11.6 Å². The van der Waals surface area contributed by atoms with Crippen LogP contribution in [-0.2, 0) is 0 Å². The van der Waals surface area contributed by atoms with Crippen molar-refractivity contribution in [2.75, 3.05) is 13.1 Å². The lowest BCUT2D eigenvalue weighted by Gasteiger charge is -2.49. The Kier molecular flexibility index (Phi) is 5.92.